The molecule has 3 rings (SSSR count). The van der Waals surface area contributed by atoms with Crippen LogP contribution in [0.3, 0.4) is 0 Å². The van der Waals surface area contributed by atoms with Gasteiger partial charge in [0.2, 0.25) is 0 Å². The summed E-state index contributed by atoms with van der Waals surface area (Å²) < 4.78 is 0. The molecule has 0 saturated heterocycles. The molecule has 19 heavy (non-hydrogen) atoms. The Morgan fingerprint density at radius 3 is 2.63 bits per heavy atom. The van der Waals surface area contributed by atoms with E-state index in [0.29, 0.717) is 5.92 Å². The summed E-state index contributed by atoms with van der Waals surface area (Å²) in [6.45, 7) is 4.50. The number of aromatic nitrogens is 2. The van der Waals surface area contributed by atoms with Gasteiger partial charge in [0.15, 0.2) is 0 Å². The zero-order valence-electron chi connectivity index (χ0n) is 11.4. The molecular weight excluding hydrogens is 232 g/mol. The molecule has 0 unspecified atom stereocenters. The Morgan fingerprint density at radius 1 is 1.11 bits per heavy atom. The first-order valence-electron chi connectivity index (χ1n) is 6.75. The molecule has 1 N–H and O–H groups in total. The van der Waals surface area contributed by atoms with E-state index in [-0.39, 0.29) is 0 Å². The van der Waals surface area contributed by atoms with E-state index in [1.165, 1.54) is 22.1 Å². The molecule has 96 valence electrons. The number of hydrogen-bond donors (Lipinski definition) is 1. The molecule has 0 radical (unpaired) electrons. The lowest BCUT2D eigenvalue weighted by Crippen LogP contribution is -1.93. The van der Waals surface area contributed by atoms with Crippen LogP contribution in [0.1, 0.15) is 19.4 Å². The van der Waals surface area contributed by atoms with Crippen molar-refractivity contribution in [1.29, 1.82) is 0 Å². The first-order valence-corrected chi connectivity index (χ1v) is 6.75. The Kier molecular flexibility index (Phi) is 3.08. The lowest BCUT2D eigenvalue weighted by molar-refractivity contribution is 0.647. The fourth-order valence-electron chi connectivity index (χ4n) is 2.49. The van der Waals surface area contributed by atoms with Gasteiger partial charge in [-0.25, -0.2) is 4.98 Å². The van der Waals surface area contributed by atoms with Crippen LogP contribution < -0.4 is 0 Å². The maximum absolute atomic E-state index is 4.33. The van der Waals surface area contributed by atoms with Gasteiger partial charge in [-0.05, 0) is 35.6 Å². The van der Waals surface area contributed by atoms with E-state index in [4.69, 9.17) is 0 Å². The van der Waals surface area contributed by atoms with Crippen molar-refractivity contribution in [2.24, 2.45) is 5.92 Å². The summed E-state index contributed by atoms with van der Waals surface area (Å²) in [5, 5.41) is 1.18. The summed E-state index contributed by atoms with van der Waals surface area (Å²) in [5.74, 6) is 0.697. The molecular formula is C17H18N2. The number of nitrogens with one attached hydrogen (secondary N) is 1. The van der Waals surface area contributed by atoms with E-state index in [0.717, 1.165) is 12.1 Å². The van der Waals surface area contributed by atoms with Gasteiger partial charge in [0.05, 0.1) is 0 Å². The zero-order valence-corrected chi connectivity index (χ0v) is 11.4. The van der Waals surface area contributed by atoms with Crippen molar-refractivity contribution in [3.8, 4) is 11.1 Å². The number of pyridine rings is 1. The summed E-state index contributed by atoms with van der Waals surface area (Å²) in [6.07, 6.45) is 4.99. The molecule has 0 atom stereocenters. The third-order valence-electron chi connectivity index (χ3n) is 3.36. The molecule has 2 heteroatoms. The van der Waals surface area contributed by atoms with Crippen LogP contribution in [0.2, 0.25) is 0 Å². The van der Waals surface area contributed by atoms with Crippen LogP contribution in [0, 0.1) is 5.92 Å². The molecule has 0 amide bonds. The van der Waals surface area contributed by atoms with Crippen LogP contribution in [0.5, 0.6) is 0 Å². The monoisotopic (exact) mass is 250 g/mol. The van der Waals surface area contributed by atoms with Crippen molar-refractivity contribution < 1.29 is 0 Å². The van der Waals surface area contributed by atoms with E-state index >= 15 is 0 Å². The third-order valence-corrected chi connectivity index (χ3v) is 3.36. The van der Waals surface area contributed by atoms with Crippen LogP contribution in [0.4, 0.5) is 0 Å². The van der Waals surface area contributed by atoms with E-state index in [2.05, 4.69) is 54.1 Å². The first kappa shape index (κ1) is 12.0. The molecule has 2 nitrogen and oxygen atoms in total. The molecule has 0 spiro atoms. The average Bonchev–Trinajstić information content (AvgIpc) is 2.83. The average molecular weight is 250 g/mol. The van der Waals surface area contributed by atoms with Gasteiger partial charge in [-0.3, -0.25) is 0 Å². The lowest BCUT2D eigenvalue weighted by Gasteiger charge is -2.06. The second-order valence-corrected chi connectivity index (χ2v) is 5.40. The highest BCUT2D eigenvalue weighted by atomic mass is 14.8. The number of fused-ring (bicyclic) bond motifs is 1. The van der Waals surface area contributed by atoms with Crippen LogP contribution in [-0.2, 0) is 6.42 Å². The molecule has 0 aliphatic heterocycles. The number of nitrogens with zero attached hydrogens (tertiary/aromatic N) is 1. The molecule has 0 bridgehead atoms. The van der Waals surface area contributed by atoms with E-state index in [9.17, 15) is 0 Å². The van der Waals surface area contributed by atoms with Gasteiger partial charge in [0.25, 0.3) is 0 Å². The van der Waals surface area contributed by atoms with Crippen LogP contribution in [0.15, 0.2) is 48.8 Å². The highest BCUT2D eigenvalue weighted by molar-refractivity contribution is 5.93. The van der Waals surface area contributed by atoms with Crippen molar-refractivity contribution in [3.05, 3.63) is 54.4 Å². The summed E-state index contributed by atoms with van der Waals surface area (Å²) in [7, 11) is 0. The fourth-order valence-corrected chi connectivity index (χ4v) is 2.49. The summed E-state index contributed by atoms with van der Waals surface area (Å²) >= 11 is 0. The lowest BCUT2D eigenvalue weighted by atomic mass is 9.99. The van der Waals surface area contributed by atoms with Gasteiger partial charge in [-0.1, -0.05) is 38.1 Å². The first-order chi connectivity index (χ1) is 9.24. The third kappa shape index (κ3) is 2.39. The fraction of sp³-hybridized carbons (Fsp3) is 0.235. The topological polar surface area (TPSA) is 28.7 Å². The van der Waals surface area contributed by atoms with Gasteiger partial charge in [0, 0.05) is 23.3 Å². The van der Waals surface area contributed by atoms with E-state index in [1.807, 2.05) is 18.5 Å². The zero-order chi connectivity index (χ0) is 13.2. The molecule has 2 heterocycles. The number of aromatic amines is 1. The number of benzene rings is 1. The Balaban J connectivity index is 1.98. The van der Waals surface area contributed by atoms with Gasteiger partial charge >= 0.3 is 0 Å². The minimum atomic E-state index is 0.697. The minimum Gasteiger partial charge on any atom is -0.346 e. The standard InChI is InChI=1S/C17H18N2/c1-12(2)10-13-5-7-14(8-6-13)16-11-19-17-15(16)4-3-9-18-17/h3-9,11-12H,10H2,1-2H3,(H,18,19). The normalized spacial score (nSPS) is 11.3. The smallest absolute Gasteiger partial charge is 0.137 e. The quantitative estimate of drug-likeness (QED) is 0.732. The minimum absolute atomic E-state index is 0.697. The molecule has 0 saturated carbocycles. The maximum Gasteiger partial charge on any atom is 0.137 e. The van der Waals surface area contributed by atoms with Gasteiger partial charge in [-0.15, -0.1) is 0 Å². The largest absolute Gasteiger partial charge is 0.346 e. The van der Waals surface area contributed by atoms with Crippen LogP contribution >= 0.6 is 0 Å². The predicted molar refractivity (Wildman–Crippen MR) is 80.1 cm³/mol. The molecule has 0 aliphatic rings. The van der Waals surface area contributed by atoms with Crippen LogP contribution in [0.25, 0.3) is 22.2 Å². The van der Waals surface area contributed by atoms with Crippen molar-refractivity contribution in [2.45, 2.75) is 20.3 Å². The Labute approximate surface area is 113 Å². The van der Waals surface area contributed by atoms with Crippen molar-refractivity contribution >= 4 is 11.0 Å². The second-order valence-electron chi connectivity index (χ2n) is 5.40. The molecule has 0 aliphatic carbocycles. The van der Waals surface area contributed by atoms with Crippen molar-refractivity contribution in [1.82, 2.24) is 9.97 Å². The van der Waals surface area contributed by atoms with Gasteiger partial charge < -0.3 is 4.98 Å². The Morgan fingerprint density at radius 2 is 1.89 bits per heavy atom. The maximum atomic E-state index is 4.33. The molecule has 2 aromatic heterocycles. The summed E-state index contributed by atoms with van der Waals surface area (Å²) in [6, 6.07) is 12.9. The van der Waals surface area contributed by atoms with Crippen LogP contribution in [-0.4, -0.2) is 9.97 Å². The highest BCUT2D eigenvalue weighted by Crippen LogP contribution is 2.27. The summed E-state index contributed by atoms with van der Waals surface area (Å²) in [5.41, 5.74) is 4.81. The highest BCUT2D eigenvalue weighted by Gasteiger charge is 2.06. The van der Waals surface area contributed by atoms with Crippen molar-refractivity contribution in [3.63, 3.8) is 0 Å². The SMILES string of the molecule is CC(C)Cc1ccc(-c2c[nH]c3ncccc23)cc1. The second kappa shape index (κ2) is 4.88. The molecule has 3 aromatic rings. The molecule has 0 fully saturated rings. The van der Waals surface area contributed by atoms with E-state index in [1.54, 1.807) is 0 Å². The predicted octanol–water partition coefficient (Wildman–Crippen LogP) is 4.43. The van der Waals surface area contributed by atoms with Crippen molar-refractivity contribution in [2.75, 3.05) is 0 Å². The summed E-state index contributed by atoms with van der Waals surface area (Å²) in [4.78, 5) is 7.55. The molecule has 1 aromatic carbocycles. The number of H-pyrrole nitrogens is 1. The van der Waals surface area contributed by atoms with Gasteiger partial charge in [0.1, 0.15) is 5.65 Å². The van der Waals surface area contributed by atoms with Gasteiger partial charge in [-0.2, -0.15) is 0 Å². The van der Waals surface area contributed by atoms with E-state index < -0.39 is 0 Å². The number of hydrogen-bond acceptors (Lipinski definition) is 1. The Bertz CT molecular complexity index is 678. The number of rotatable bonds is 3. The Hall–Kier alpha value is -2.09.